The van der Waals surface area contributed by atoms with Crippen LogP contribution in [0.3, 0.4) is 0 Å². The first kappa shape index (κ1) is 34.1. The van der Waals surface area contributed by atoms with Crippen LogP contribution in [0.1, 0.15) is 140 Å². The monoisotopic (exact) mass is 563 g/mol. The van der Waals surface area contributed by atoms with Crippen molar-refractivity contribution in [2.75, 3.05) is 5.32 Å². The normalized spacial score (nSPS) is 11.7. The molecule has 0 fully saturated rings. The quantitative estimate of drug-likeness (QED) is 0.0880. The molecule has 2 aromatic rings. The summed E-state index contributed by atoms with van der Waals surface area (Å²) in [7, 11) is 1.68. The van der Waals surface area contributed by atoms with Crippen LogP contribution in [0.2, 0.25) is 0 Å². The Morgan fingerprint density at radius 1 is 0.878 bits per heavy atom. The van der Waals surface area contributed by atoms with E-state index in [2.05, 4.69) is 36.1 Å². The van der Waals surface area contributed by atoms with Gasteiger partial charge in [0.2, 0.25) is 5.69 Å². The zero-order valence-corrected chi connectivity index (χ0v) is 26.1. The molecule has 0 saturated carbocycles. The molecule has 1 atom stereocenters. The number of benzene rings is 1. The van der Waals surface area contributed by atoms with E-state index in [0.717, 1.165) is 25.7 Å². The number of rotatable bonds is 22. The molecule has 1 amide bonds. The number of aryl methyl sites for hydroxylation is 1. The van der Waals surface area contributed by atoms with Gasteiger partial charge in [-0.3, -0.25) is 9.59 Å². The molecule has 0 radical (unpaired) electrons. The highest BCUT2D eigenvalue weighted by Crippen LogP contribution is 2.28. The van der Waals surface area contributed by atoms with Crippen molar-refractivity contribution in [1.29, 1.82) is 0 Å². The van der Waals surface area contributed by atoms with E-state index in [1.54, 1.807) is 17.7 Å². The summed E-state index contributed by atoms with van der Waals surface area (Å²) in [6.07, 6.45) is 20.3. The fourth-order valence-corrected chi connectivity index (χ4v) is 5.33. The Morgan fingerprint density at radius 3 is 2.00 bits per heavy atom. The molecular formula is C35H53N3O3. The van der Waals surface area contributed by atoms with Crippen LogP contribution in [0, 0.1) is 6.57 Å². The van der Waals surface area contributed by atoms with E-state index in [4.69, 9.17) is 11.3 Å². The van der Waals surface area contributed by atoms with Crippen LogP contribution < -0.4 is 10.1 Å². The zero-order valence-electron chi connectivity index (χ0n) is 26.1. The number of amides is 1. The van der Waals surface area contributed by atoms with Crippen LogP contribution in [0.4, 0.5) is 11.5 Å². The second-order valence-corrected chi connectivity index (χ2v) is 11.4. The minimum atomic E-state index is -0.659. The van der Waals surface area contributed by atoms with Gasteiger partial charge in [-0.15, -0.1) is 0 Å². The summed E-state index contributed by atoms with van der Waals surface area (Å²) in [5.41, 5.74) is 1.76. The van der Waals surface area contributed by atoms with E-state index in [9.17, 15) is 9.59 Å². The number of anilines is 1. The molecule has 1 aromatic heterocycles. The number of nitrogens with zero attached hydrogens (tertiary/aromatic N) is 2. The molecular weight excluding hydrogens is 510 g/mol. The van der Waals surface area contributed by atoms with Gasteiger partial charge in [0.25, 0.3) is 5.91 Å². The molecule has 1 aromatic carbocycles. The highest BCUT2D eigenvalue weighted by Gasteiger charge is 2.23. The van der Waals surface area contributed by atoms with Crippen LogP contribution in [-0.2, 0) is 18.3 Å². The second kappa shape index (κ2) is 19.9. The minimum Gasteiger partial charge on any atom is -0.481 e. The highest BCUT2D eigenvalue weighted by molar-refractivity contribution is 6.01. The number of carbonyl (C=O) groups is 2. The van der Waals surface area contributed by atoms with Crippen LogP contribution in [0.25, 0.3) is 4.85 Å². The maximum absolute atomic E-state index is 13.2. The number of Topliss-reactive ketones (excluding diaryl/α,β-unsaturated/α-hetero) is 1. The third kappa shape index (κ3) is 12.5. The van der Waals surface area contributed by atoms with Crippen molar-refractivity contribution in [2.24, 2.45) is 7.05 Å². The van der Waals surface area contributed by atoms with Gasteiger partial charge in [0.05, 0.1) is 12.3 Å². The SMILES string of the molecule is [C-]#[N+]c1cc(NC(=O)C(CCCC)Oc2cccc(CCCCCCCCCCCCCCC)c2)n(C)c1C(C)=O. The van der Waals surface area contributed by atoms with Gasteiger partial charge in [0.15, 0.2) is 11.9 Å². The van der Waals surface area contributed by atoms with Crippen molar-refractivity contribution < 1.29 is 14.3 Å². The third-order valence-electron chi connectivity index (χ3n) is 7.78. The van der Waals surface area contributed by atoms with Gasteiger partial charge in [-0.05, 0) is 56.4 Å². The molecule has 41 heavy (non-hydrogen) atoms. The molecule has 2 rings (SSSR count). The van der Waals surface area contributed by atoms with Gasteiger partial charge in [-0.1, -0.05) is 109 Å². The number of ether oxygens (including phenoxy) is 1. The van der Waals surface area contributed by atoms with Crippen LogP contribution >= 0.6 is 0 Å². The maximum atomic E-state index is 13.2. The van der Waals surface area contributed by atoms with E-state index >= 15 is 0 Å². The van der Waals surface area contributed by atoms with Crippen molar-refractivity contribution in [2.45, 2.75) is 136 Å². The van der Waals surface area contributed by atoms with E-state index in [-0.39, 0.29) is 17.4 Å². The largest absolute Gasteiger partial charge is 0.481 e. The molecule has 6 heteroatoms. The van der Waals surface area contributed by atoms with Gasteiger partial charge in [-0.25, -0.2) is 4.85 Å². The predicted molar refractivity (Wildman–Crippen MR) is 170 cm³/mol. The average molecular weight is 564 g/mol. The third-order valence-corrected chi connectivity index (χ3v) is 7.78. The predicted octanol–water partition coefficient (Wildman–Crippen LogP) is 9.99. The van der Waals surface area contributed by atoms with Gasteiger partial charge in [0.1, 0.15) is 11.6 Å². The topological polar surface area (TPSA) is 64.7 Å². The molecule has 6 nitrogen and oxygen atoms in total. The lowest BCUT2D eigenvalue weighted by atomic mass is 10.0. The number of nitrogens with one attached hydrogen (secondary N) is 1. The van der Waals surface area contributed by atoms with Gasteiger partial charge in [-0.2, -0.15) is 0 Å². The molecule has 0 saturated heterocycles. The van der Waals surface area contributed by atoms with Crippen molar-refractivity contribution in [1.82, 2.24) is 4.57 Å². The smallest absolute Gasteiger partial charge is 0.266 e. The molecule has 0 spiro atoms. The second-order valence-electron chi connectivity index (χ2n) is 11.4. The van der Waals surface area contributed by atoms with Gasteiger partial charge < -0.3 is 14.6 Å². The Kier molecular flexibility index (Phi) is 16.6. The summed E-state index contributed by atoms with van der Waals surface area (Å²) in [4.78, 5) is 28.7. The number of hydrogen-bond acceptors (Lipinski definition) is 3. The Bertz CT molecular complexity index is 1100. The van der Waals surface area contributed by atoms with Crippen LogP contribution in [0.15, 0.2) is 30.3 Å². The Hall–Kier alpha value is -3.07. The van der Waals surface area contributed by atoms with Crippen molar-refractivity contribution in [3.05, 3.63) is 53.0 Å². The highest BCUT2D eigenvalue weighted by atomic mass is 16.5. The standard InChI is InChI=1S/C35H53N3O3/c1-6-8-10-11-12-13-14-15-16-17-18-19-20-22-29-23-21-24-30(26-29)41-32(25-9-7-2)35(40)37-33-27-31(36-4)34(28(3)39)38(33)5/h21,23-24,26-27,32H,6-20,22,25H2,1-3,5H3,(H,37,40). The van der Waals surface area contributed by atoms with Gasteiger partial charge in [0, 0.05) is 7.05 Å². The fourth-order valence-electron chi connectivity index (χ4n) is 5.33. The number of hydrogen-bond donors (Lipinski definition) is 1. The van der Waals surface area contributed by atoms with E-state index in [1.165, 1.54) is 89.5 Å². The summed E-state index contributed by atoms with van der Waals surface area (Å²) in [6.45, 7) is 13.2. The number of carbonyl (C=O) groups excluding carboxylic acids is 2. The number of ketones is 1. The summed E-state index contributed by atoms with van der Waals surface area (Å²) < 4.78 is 7.78. The molecule has 0 aliphatic rings. The number of unbranched alkanes of at least 4 members (excludes halogenated alkanes) is 13. The fraction of sp³-hybridized carbons (Fsp3) is 0.629. The minimum absolute atomic E-state index is 0.210. The molecule has 1 N–H and O–H groups in total. The molecule has 1 unspecified atom stereocenters. The lowest BCUT2D eigenvalue weighted by Gasteiger charge is -2.19. The van der Waals surface area contributed by atoms with E-state index < -0.39 is 6.10 Å². The lowest BCUT2D eigenvalue weighted by Crippen LogP contribution is -2.33. The maximum Gasteiger partial charge on any atom is 0.266 e. The molecule has 0 bridgehead atoms. The summed E-state index contributed by atoms with van der Waals surface area (Å²) >= 11 is 0. The summed E-state index contributed by atoms with van der Waals surface area (Å²) in [6, 6.07) is 9.65. The van der Waals surface area contributed by atoms with Crippen molar-refractivity contribution >= 4 is 23.2 Å². The first-order chi connectivity index (χ1) is 19.9. The first-order valence-electron chi connectivity index (χ1n) is 16.1. The number of aromatic nitrogens is 1. The molecule has 1 heterocycles. The molecule has 0 aliphatic heterocycles. The summed E-state index contributed by atoms with van der Waals surface area (Å²) in [5, 5.41) is 2.89. The first-order valence-corrected chi connectivity index (χ1v) is 16.1. The Balaban J connectivity index is 1.80. The summed E-state index contributed by atoms with van der Waals surface area (Å²) in [5.74, 6) is 0.643. The zero-order chi connectivity index (χ0) is 29.9. The molecule has 226 valence electrons. The van der Waals surface area contributed by atoms with E-state index in [1.807, 2.05) is 12.1 Å². The van der Waals surface area contributed by atoms with Crippen molar-refractivity contribution in [3.8, 4) is 5.75 Å². The Labute approximate surface area is 249 Å². The Morgan fingerprint density at radius 2 is 1.46 bits per heavy atom. The average Bonchev–Trinajstić information content (AvgIpc) is 3.28. The lowest BCUT2D eigenvalue weighted by molar-refractivity contribution is -0.123. The van der Waals surface area contributed by atoms with E-state index in [0.29, 0.717) is 23.7 Å². The van der Waals surface area contributed by atoms with Crippen LogP contribution in [0.5, 0.6) is 5.75 Å². The van der Waals surface area contributed by atoms with Crippen LogP contribution in [-0.4, -0.2) is 22.4 Å². The molecule has 0 aliphatic carbocycles. The van der Waals surface area contributed by atoms with Gasteiger partial charge >= 0.3 is 0 Å². The van der Waals surface area contributed by atoms with Crippen molar-refractivity contribution in [3.63, 3.8) is 0 Å².